The summed E-state index contributed by atoms with van der Waals surface area (Å²) in [6, 6.07) is 13.2. The summed E-state index contributed by atoms with van der Waals surface area (Å²) in [6.07, 6.45) is 3.31. The van der Waals surface area contributed by atoms with E-state index in [2.05, 4.69) is 24.3 Å². The Balaban J connectivity index is 1.45. The summed E-state index contributed by atoms with van der Waals surface area (Å²) in [5.41, 5.74) is 1.56. The Labute approximate surface area is 163 Å². The normalized spacial score (nSPS) is 12.1. The van der Waals surface area contributed by atoms with E-state index >= 15 is 0 Å². The fourth-order valence-corrected chi connectivity index (χ4v) is 3.00. The van der Waals surface area contributed by atoms with Gasteiger partial charge in [0.25, 0.3) is 5.91 Å². The monoisotopic (exact) mass is 382 g/mol. The first-order valence-electron chi connectivity index (χ1n) is 9.62. The highest BCUT2D eigenvalue weighted by atomic mass is 16.5. The third-order valence-electron chi connectivity index (χ3n) is 4.78. The summed E-state index contributed by atoms with van der Waals surface area (Å²) < 4.78 is 8.63. The predicted octanol–water partition coefficient (Wildman–Crippen LogP) is 2.59. The number of pyridine rings is 1. The number of fused-ring (bicyclic) bond motifs is 1. The van der Waals surface area contributed by atoms with Crippen LogP contribution in [0.3, 0.4) is 0 Å². The van der Waals surface area contributed by atoms with Crippen molar-refractivity contribution in [2.75, 3.05) is 13.2 Å². The number of nitrogens with one attached hydrogen (secondary N) is 1. The van der Waals surface area contributed by atoms with Gasteiger partial charge in [0.05, 0.1) is 0 Å². The summed E-state index contributed by atoms with van der Waals surface area (Å²) in [6.45, 7) is 5.14. The van der Waals surface area contributed by atoms with Crippen molar-refractivity contribution in [1.29, 1.82) is 0 Å². The molecule has 7 nitrogen and oxygen atoms in total. The fraction of sp³-hybridized carbons (Fsp3) is 0.381. The van der Waals surface area contributed by atoms with Crippen LogP contribution in [0, 0.1) is 0 Å². The van der Waals surface area contributed by atoms with Gasteiger partial charge in [-0.1, -0.05) is 38.1 Å². The van der Waals surface area contributed by atoms with Gasteiger partial charge in [-0.2, -0.15) is 0 Å². The van der Waals surface area contributed by atoms with E-state index < -0.39 is 0 Å². The van der Waals surface area contributed by atoms with Gasteiger partial charge in [-0.3, -0.25) is 9.20 Å². The lowest BCUT2D eigenvalue weighted by Gasteiger charge is -2.15. The molecule has 0 bridgehead atoms. The minimum atomic E-state index is -0.179. The molecule has 0 aliphatic heterocycles. The molecule has 0 fully saturated rings. The molecule has 0 radical (unpaired) electrons. The molecule has 0 saturated carbocycles. The second kappa shape index (κ2) is 9.21. The maximum Gasteiger partial charge on any atom is 0.350 e. The molecule has 0 saturated heterocycles. The zero-order chi connectivity index (χ0) is 19.9. The second-order valence-electron chi connectivity index (χ2n) is 6.77. The Bertz CT molecular complexity index is 992. The van der Waals surface area contributed by atoms with Crippen molar-refractivity contribution in [3.8, 4) is 5.75 Å². The van der Waals surface area contributed by atoms with E-state index in [1.54, 1.807) is 18.3 Å². The van der Waals surface area contributed by atoms with Crippen LogP contribution in [0.1, 0.15) is 38.2 Å². The molecule has 7 heteroatoms. The van der Waals surface area contributed by atoms with Crippen molar-refractivity contribution in [2.24, 2.45) is 0 Å². The van der Waals surface area contributed by atoms with Crippen molar-refractivity contribution in [3.05, 3.63) is 64.7 Å². The predicted molar refractivity (Wildman–Crippen MR) is 108 cm³/mol. The van der Waals surface area contributed by atoms with Crippen LogP contribution in [0.4, 0.5) is 0 Å². The summed E-state index contributed by atoms with van der Waals surface area (Å²) in [7, 11) is 0. The van der Waals surface area contributed by atoms with Crippen LogP contribution in [-0.4, -0.2) is 33.2 Å². The van der Waals surface area contributed by atoms with E-state index in [-0.39, 0.29) is 18.2 Å². The van der Waals surface area contributed by atoms with E-state index in [1.165, 1.54) is 9.08 Å². The lowest BCUT2D eigenvalue weighted by atomic mass is 9.98. The minimum absolute atomic E-state index is 0.0260. The number of benzene rings is 1. The Morgan fingerprint density at radius 3 is 2.79 bits per heavy atom. The third-order valence-corrected chi connectivity index (χ3v) is 4.78. The molecule has 148 valence electrons. The first-order valence-corrected chi connectivity index (χ1v) is 9.62. The molecule has 0 aliphatic carbocycles. The highest BCUT2D eigenvalue weighted by molar-refractivity contribution is 5.77. The van der Waals surface area contributed by atoms with Crippen LogP contribution in [0.15, 0.2) is 53.5 Å². The van der Waals surface area contributed by atoms with Gasteiger partial charge in [0.2, 0.25) is 0 Å². The number of carbonyl (C=O) groups is 1. The minimum Gasteiger partial charge on any atom is -0.483 e. The van der Waals surface area contributed by atoms with Gasteiger partial charge in [0.15, 0.2) is 12.3 Å². The largest absolute Gasteiger partial charge is 0.483 e. The van der Waals surface area contributed by atoms with Crippen molar-refractivity contribution in [2.45, 2.75) is 39.2 Å². The van der Waals surface area contributed by atoms with E-state index in [4.69, 9.17) is 4.74 Å². The Morgan fingerprint density at radius 1 is 1.21 bits per heavy atom. The van der Waals surface area contributed by atoms with Gasteiger partial charge in [-0.25, -0.2) is 9.48 Å². The molecule has 1 N–H and O–H groups in total. The van der Waals surface area contributed by atoms with Crippen molar-refractivity contribution in [3.63, 3.8) is 0 Å². The number of aromatic nitrogens is 3. The molecule has 2 aromatic heterocycles. The number of amides is 1. The number of nitrogens with zero attached hydrogens (tertiary/aromatic N) is 3. The molecular weight excluding hydrogens is 356 g/mol. The molecule has 3 aromatic rings. The number of carbonyl (C=O) groups excluding carboxylic acids is 1. The first-order chi connectivity index (χ1) is 13.6. The number of ether oxygens (including phenoxy) is 1. The summed E-state index contributed by atoms with van der Waals surface area (Å²) in [5.74, 6) is 0.951. The van der Waals surface area contributed by atoms with Crippen LogP contribution < -0.4 is 15.7 Å². The standard InChI is InChI=1S/C21H26N4O3/c1-3-16(2)17-9-4-5-10-18(17)28-15-20(26)22-12-8-14-25-21(27)24-13-7-6-11-19(24)23-25/h4-7,9-11,13,16H,3,8,12,14-15H2,1-2H3,(H,22,26). The van der Waals surface area contributed by atoms with E-state index in [0.29, 0.717) is 31.1 Å². The number of aryl methyl sites for hydroxylation is 1. The maximum atomic E-state index is 12.2. The van der Waals surface area contributed by atoms with Crippen LogP contribution in [0.5, 0.6) is 5.75 Å². The molecule has 0 aliphatic rings. The smallest absolute Gasteiger partial charge is 0.350 e. The third kappa shape index (κ3) is 4.60. The van der Waals surface area contributed by atoms with Crippen LogP contribution in [0.2, 0.25) is 0 Å². The number of hydrogen-bond acceptors (Lipinski definition) is 4. The fourth-order valence-electron chi connectivity index (χ4n) is 3.00. The van der Waals surface area contributed by atoms with Gasteiger partial charge in [-0.15, -0.1) is 5.10 Å². The molecule has 1 atom stereocenters. The highest BCUT2D eigenvalue weighted by Crippen LogP contribution is 2.28. The number of hydrogen-bond donors (Lipinski definition) is 1. The maximum absolute atomic E-state index is 12.2. The quantitative estimate of drug-likeness (QED) is 0.577. The second-order valence-corrected chi connectivity index (χ2v) is 6.77. The molecule has 28 heavy (non-hydrogen) atoms. The van der Waals surface area contributed by atoms with E-state index in [9.17, 15) is 9.59 Å². The van der Waals surface area contributed by atoms with E-state index in [1.807, 2.05) is 30.3 Å². The molecule has 3 rings (SSSR count). The molecule has 1 aromatic carbocycles. The van der Waals surface area contributed by atoms with Crippen molar-refractivity contribution >= 4 is 11.6 Å². The molecular formula is C21H26N4O3. The first kappa shape index (κ1) is 19.7. The number of rotatable bonds is 9. The van der Waals surface area contributed by atoms with Gasteiger partial charge in [0.1, 0.15) is 5.75 Å². The van der Waals surface area contributed by atoms with Crippen molar-refractivity contribution in [1.82, 2.24) is 19.5 Å². The van der Waals surface area contributed by atoms with Gasteiger partial charge in [0, 0.05) is 19.3 Å². The topological polar surface area (TPSA) is 77.6 Å². The van der Waals surface area contributed by atoms with Crippen molar-refractivity contribution < 1.29 is 9.53 Å². The number of para-hydroxylation sites is 1. The molecule has 0 spiro atoms. The average Bonchev–Trinajstić information content (AvgIpc) is 3.05. The lowest BCUT2D eigenvalue weighted by Crippen LogP contribution is -2.31. The summed E-state index contributed by atoms with van der Waals surface area (Å²) in [5, 5.41) is 7.09. The van der Waals surface area contributed by atoms with Gasteiger partial charge < -0.3 is 10.1 Å². The Kier molecular flexibility index (Phi) is 6.47. The molecule has 2 heterocycles. The van der Waals surface area contributed by atoms with Crippen LogP contribution in [-0.2, 0) is 11.3 Å². The van der Waals surface area contributed by atoms with Crippen LogP contribution in [0.25, 0.3) is 5.65 Å². The summed E-state index contributed by atoms with van der Waals surface area (Å²) >= 11 is 0. The SMILES string of the molecule is CCC(C)c1ccccc1OCC(=O)NCCCn1nc2ccccn2c1=O. The average molecular weight is 382 g/mol. The Morgan fingerprint density at radius 2 is 2.00 bits per heavy atom. The van der Waals surface area contributed by atoms with Gasteiger partial charge >= 0.3 is 5.69 Å². The Hall–Kier alpha value is -3.09. The summed E-state index contributed by atoms with van der Waals surface area (Å²) in [4.78, 5) is 24.2. The van der Waals surface area contributed by atoms with E-state index in [0.717, 1.165) is 17.7 Å². The lowest BCUT2D eigenvalue weighted by molar-refractivity contribution is -0.123. The van der Waals surface area contributed by atoms with Gasteiger partial charge in [-0.05, 0) is 42.5 Å². The zero-order valence-electron chi connectivity index (χ0n) is 16.3. The molecule has 1 unspecified atom stereocenters. The zero-order valence-corrected chi connectivity index (χ0v) is 16.3. The highest BCUT2D eigenvalue weighted by Gasteiger charge is 2.11. The molecule has 1 amide bonds. The van der Waals surface area contributed by atoms with Crippen LogP contribution >= 0.6 is 0 Å².